The number of amides is 1. The fraction of sp³-hybridized carbons (Fsp3) is 0.417. The molecule has 0 saturated carbocycles. The van der Waals surface area contributed by atoms with Gasteiger partial charge < -0.3 is 4.90 Å². The number of thioether (sulfide) groups is 1. The Labute approximate surface area is 119 Å². The highest BCUT2D eigenvalue weighted by molar-refractivity contribution is 8.00. The van der Waals surface area contributed by atoms with Crippen molar-refractivity contribution >= 4 is 39.2 Å². The van der Waals surface area contributed by atoms with Crippen LogP contribution in [-0.2, 0) is 11.8 Å². The van der Waals surface area contributed by atoms with E-state index in [0.29, 0.717) is 15.4 Å². The highest BCUT2D eigenvalue weighted by Gasteiger charge is 2.19. The van der Waals surface area contributed by atoms with Gasteiger partial charge in [-0.2, -0.15) is 0 Å². The number of nitrogens with zero attached hydrogens (tertiary/aromatic N) is 3. The van der Waals surface area contributed by atoms with Crippen molar-refractivity contribution in [3.8, 4) is 0 Å². The van der Waals surface area contributed by atoms with Crippen LogP contribution in [0.4, 0.5) is 0 Å². The Kier molecular flexibility index (Phi) is 3.96. The van der Waals surface area contributed by atoms with Crippen LogP contribution < -0.4 is 5.56 Å². The van der Waals surface area contributed by atoms with Gasteiger partial charge in [0.25, 0.3) is 5.56 Å². The van der Waals surface area contributed by atoms with E-state index < -0.39 is 0 Å². The smallest absolute Gasteiger partial charge is 0.271 e. The van der Waals surface area contributed by atoms with E-state index in [4.69, 9.17) is 0 Å². The second-order valence-corrected chi connectivity index (χ2v) is 6.61. The topological polar surface area (TPSA) is 55.2 Å². The molecule has 1 atom stereocenters. The van der Waals surface area contributed by atoms with Crippen LogP contribution in [0, 0.1) is 0 Å². The van der Waals surface area contributed by atoms with Crippen molar-refractivity contribution in [3.05, 3.63) is 21.8 Å². The van der Waals surface area contributed by atoms with Crippen LogP contribution in [0.25, 0.3) is 10.2 Å². The third-order valence-electron chi connectivity index (χ3n) is 2.72. The van der Waals surface area contributed by atoms with Gasteiger partial charge in [0, 0.05) is 21.1 Å². The van der Waals surface area contributed by atoms with Gasteiger partial charge in [-0.25, -0.2) is 4.98 Å². The average Bonchev–Trinajstić information content (AvgIpc) is 2.82. The van der Waals surface area contributed by atoms with E-state index in [2.05, 4.69) is 4.98 Å². The first kappa shape index (κ1) is 14.1. The summed E-state index contributed by atoms with van der Waals surface area (Å²) in [4.78, 5) is 30.0. The van der Waals surface area contributed by atoms with E-state index in [1.165, 1.54) is 27.7 Å². The number of hydrogen-bond donors (Lipinski definition) is 0. The molecule has 0 N–H and O–H groups in total. The van der Waals surface area contributed by atoms with Crippen molar-refractivity contribution in [3.63, 3.8) is 0 Å². The van der Waals surface area contributed by atoms with Gasteiger partial charge in [0.05, 0.1) is 10.8 Å². The maximum absolute atomic E-state index is 12.1. The lowest BCUT2D eigenvalue weighted by Gasteiger charge is -2.16. The molecule has 0 aliphatic rings. The van der Waals surface area contributed by atoms with Gasteiger partial charge in [-0.15, -0.1) is 11.3 Å². The summed E-state index contributed by atoms with van der Waals surface area (Å²) in [5.74, 6) is 0.00432. The Hall–Kier alpha value is -1.34. The summed E-state index contributed by atoms with van der Waals surface area (Å²) in [5, 5.41) is 2.14. The SMILES string of the molecule is CC(Sc1nc2ccsc2c(=O)n1C)C(=O)N(C)C. The number of rotatable bonds is 3. The molecule has 2 heterocycles. The average molecular weight is 297 g/mol. The second-order valence-electron chi connectivity index (χ2n) is 4.39. The standard InChI is InChI=1S/C12H15N3O2S2/c1-7(10(16)14(2)3)19-12-13-8-5-6-18-9(8)11(17)15(12)4/h5-7H,1-4H3. The minimum atomic E-state index is -0.274. The summed E-state index contributed by atoms with van der Waals surface area (Å²) in [5.41, 5.74) is 0.632. The van der Waals surface area contributed by atoms with Gasteiger partial charge >= 0.3 is 0 Å². The molecule has 2 rings (SSSR count). The molecular weight excluding hydrogens is 282 g/mol. The Morgan fingerprint density at radius 2 is 2.21 bits per heavy atom. The maximum atomic E-state index is 12.1. The van der Waals surface area contributed by atoms with Gasteiger partial charge in [0.2, 0.25) is 5.91 Å². The Morgan fingerprint density at radius 3 is 2.84 bits per heavy atom. The summed E-state index contributed by atoms with van der Waals surface area (Å²) in [7, 11) is 5.12. The van der Waals surface area contributed by atoms with Gasteiger partial charge in [0.1, 0.15) is 4.70 Å². The zero-order valence-corrected chi connectivity index (χ0v) is 12.8. The van der Waals surface area contributed by atoms with Crippen molar-refractivity contribution in [2.75, 3.05) is 14.1 Å². The van der Waals surface area contributed by atoms with Crippen LogP contribution in [0.5, 0.6) is 0 Å². The molecule has 2 aromatic rings. The van der Waals surface area contributed by atoms with Crippen molar-refractivity contribution < 1.29 is 4.79 Å². The van der Waals surface area contributed by atoms with Crippen molar-refractivity contribution in [1.29, 1.82) is 0 Å². The quantitative estimate of drug-likeness (QED) is 0.637. The van der Waals surface area contributed by atoms with Crippen LogP contribution in [0.1, 0.15) is 6.92 Å². The first-order chi connectivity index (χ1) is 8.91. The maximum Gasteiger partial charge on any atom is 0.271 e. The zero-order chi connectivity index (χ0) is 14.2. The number of fused-ring (bicyclic) bond motifs is 1. The van der Waals surface area contributed by atoms with Crippen LogP contribution in [0.15, 0.2) is 21.4 Å². The van der Waals surface area contributed by atoms with Gasteiger partial charge in [0.15, 0.2) is 5.16 Å². The molecule has 0 radical (unpaired) electrons. The molecule has 0 spiro atoms. The largest absolute Gasteiger partial charge is 0.348 e. The minimum Gasteiger partial charge on any atom is -0.348 e. The zero-order valence-electron chi connectivity index (χ0n) is 11.2. The Balaban J connectivity index is 2.38. The molecule has 2 aromatic heterocycles. The Bertz CT molecular complexity index is 675. The molecule has 0 bridgehead atoms. The molecule has 0 saturated heterocycles. The van der Waals surface area contributed by atoms with E-state index in [-0.39, 0.29) is 16.7 Å². The normalized spacial score (nSPS) is 12.6. The van der Waals surface area contributed by atoms with Gasteiger partial charge in [-0.3, -0.25) is 14.2 Å². The molecule has 19 heavy (non-hydrogen) atoms. The van der Waals surface area contributed by atoms with Crippen molar-refractivity contribution in [2.45, 2.75) is 17.3 Å². The number of carbonyl (C=O) groups excluding carboxylic acids is 1. The van der Waals surface area contributed by atoms with Crippen LogP contribution in [0.3, 0.4) is 0 Å². The summed E-state index contributed by atoms with van der Waals surface area (Å²) in [6.45, 7) is 1.82. The lowest BCUT2D eigenvalue weighted by atomic mass is 10.4. The summed E-state index contributed by atoms with van der Waals surface area (Å²) < 4.78 is 2.15. The predicted molar refractivity (Wildman–Crippen MR) is 78.9 cm³/mol. The molecule has 102 valence electrons. The van der Waals surface area contributed by atoms with E-state index in [1.54, 1.807) is 26.0 Å². The van der Waals surface area contributed by atoms with Crippen molar-refractivity contribution in [2.24, 2.45) is 7.05 Å². The highest BCUT2D eigenvalue weighted by atomic mass is 32.2. The third kappa shape index (κ3) is 2.66. The molecular formula is C12H15N3O2S2. The van der Waals surface area contributed by atoms with Crippen LogP contribution >= 0.6 is 23.1 Å². The molecule has 1 unspecified atom stereocenters. The van der Waals surface area contributed by atoms with Gasteiger partial charge in [-0.1, -0.05) is 11.8 Å². The number of hydrogen-bond acceptors (Lipinski definition) is 5. The predicted octanol–water partition coefficient (Wildman–Crippen LogP) is 1.56. The van der Waals surface area contributed by atoms with E-state index in [0.717, 1.165) is 0 Å². The molecule has 0 aliphatic heterocycles. The van der Waals surface area contributed by atoms with E-state index in [1.807, 2.05) is 18.4 Å². The second kappa shape index (κ2) is 5.34. The lowest BCUT2D eigenvalue weighted by Crippen LogP contribution is -2.30. The van der Waals surface area contributed by atoms with Crippen molar-refractivity contribution in [1.82, 2.24) is 14.5 Å². The molecule has 0 aromatic carbocycles. The van der Waals surface area contributed by atoms with Gasteiger partial charge in [-0.05, 0) is 18.4 Å². The fourth-order valence-corrected chi connectivity index (χ4v) is 3.47. The van der Waals surface area contributed by atoms with E-state index in [9.17, 15) is 9.59 Å². The highest BCUT2D eigenvalue weighted by Crippen LogP contribution is 2.24. The molecule has 0 aliphatic carbocycles. The molecule has 1 amide bonds. The summed E-state index contributed by atoms with van der Waals surface area (Å²) >= 11 is 2.69. The fourth-order valence-electron chi connectivity index (χ4n) is 1.65. The summed E-state index contributed by atoms with van der Waals surface area (Å²) in [6, 6.07) is 1.82. The minimum absolute atomic E-state index is 0.00432. The molecule has 5 nitrogen and oxygen atoms in total. The lowest BCUT2D eigenvalue weighted by molar-refractivity contribution is -0.127. The monoisotopic (exact) mass is 297 g/mol. The number of aromatic nitrogens is 2. The molecule has 0 fully saturated rings. The third-order valence-corrected chi connectivity index (χ3v) is 4.74. The van der Waals surface area contributed by atoms with Crippen LogP contribution in [0.2, 0.25) is 0 Å². The first-order valence-corrected chi connectivity index (χ1v) is 7.49. The summed E-state index contributed by atoms with van der Waals surface area (Å²) in [6.07, 6.45) is 0. The Morgan fingerprint density at radius 1 is 1.53 bits per heavy atom. The van der Waals surface area contributed by atoms with E-state index >= 15 is 0 Å². The number of carbonyl (C=O) groups is 1. The first-order valence-electron chi connectivity index (χ1n) is 5.74. The van der Waals surface area contributed by atoms with Crippen LogP contribution in [-0.4, -0.2) is 39.7 Å². The number of thiophene rings is 1. The molecule has 7 heteroatoms.